The summed E-state index contributed by atoms with van der Waals surface area (Å²) in [5, 5.41) is 0. The number of ketones is 2. The summed E-state index contributed by atoms with van der Waals surface area (Å²) < 4.78 is 2.34. The van der Waals surface area contributed by atoms with Gasteiger partial charge in [0, 0.05) is 22.5 Å². The molecule has 0 saturated carbocycles. The maximum atomic E-state index is 14.1. The van der Waals surface area contributed by atoms with Crippen LogP contribution in [0.4, 0.5) is 0 Å². The first-order valence-corrected chi connectivity index (χ1v) is 16.1. The molecule has 0 saturated heterocycles. The molecule has 0 aliphatic heterocycles. The first-order valence-electron chi connectivity index (χ1n) is 16.1. The van der Waals surface area contributed by atoms with Gasteiger partial charge in [-0.1, -0.05) is 142 Å². The lowest BCUT2D eigenvalue weighted by Crippen LogP contribution is -2.31. The van der Waals surface area contributed by atoms with E-state index >= 15 is 0 Å². The summed E-state index contributed by atoms with van der Waals surface area (Å²) in [6.07, 6.45) is 6.41. The second-order valence-corrected chi connectivity index (χ2v) is 12.0. The largest absolute Gasteiger partial charge is 0.386 e. The summed E-state index contributed by atoms with van der Waals surface area (Å²) in [4.78, 5) is 31.1. The third-order valence-corrected chi connectivity index (χ3v) is 8.65. The molecular weight excluding hydrogens is 539 g/mol. The fraction of sp³-hybridized carbons (Fsp3) is 0.282. The second-order valence-electron chi connectivity index (χ2n) is 12.0. The smallest absolute Gasteiger partial charge is 0.260 e. The molecule has 1 atom stereocenters. The van der Waals surface area contributed by atoms with E-state index in [0.717, 1.165) is 72.1 Å². The highest BCUT2D eigenvalue weighted by atomic mass is 16.1. The maximum Gasteiger partial charge on any atom is 0.260 e. The minimum atomic E-state index is -0.180. The third-order valence-electron chi connectivity index (χ3n) is 8.65. The van der Waals surface area contributed by atoms with Gasteiger partial charge in [-0.25, -0.2) is 0 Å². The number of hydrogen-bond acceptors (Lipinski definition) is 2. The van der Waals surface area contributed by atoms with Crippen molar-refractivity contribution in [2.75, 3.05) is 0 Å². The van der Waals surface area contributed by atoms with Crippen LogP contribution in [-0.2, 0) is 0 Å². The predicted molar refractivity (Wildman–Crippen MR) is 182 cm³/mol. The zero-order valence-corrected chi connectivity index (χ0v) is 26.5. The Morgan fingerprint density at radius 3 is 1.82 bits per heavy atom. The molecule has 224 valence electrons. The van der Waals surface area contributed by atoms with Gasteiger partial charge in [-0.3, -0.25) is 9.59 Å². The number of rotatable bonds is 14. The summed E-state index contributed by atoms with van der Waals surface area (Å²) in [5.74, 6) is -0.165. The molecule has 0 radical (unpaired) electrons. The molecule has 0 bridgehead atoms. The number of hydrogen-bond donors (Lipinski definition) is 1. The molecule has 5 rings (SSSR count). The van der Waals surface area contributed by atoms with Gasteiger partial charge in [0.05, 0.1) is 17.3 Å². The summed E-state index contributed by atoms with van der Waals surface area (Å²) in [6.45, 7) is 8.71. The first kappa shape index (κ1) is 31.1. The molecule has 0 aliphatic carbocycles. The fourth-order valence-corrected chi connectivity index (χ4v) is 6.16. The SMILES string of the molecule is CCCCB(CCCC)n1c(C(=O)c2ccc(C)cc2)ccc1C(c1ccccc1)c1ccc(C(=O)c2ccc(C)cc2)[nH]1. The quantitative estimate of drug-likeness (QED) is 0.105. The molecule has 0 aliphatic rings. The average Bonchev–Trinajstić information content (AvgIpc) is 3.71. The van der Waals surface area contributed by atoms with Crippen LogP contribution in [0.2, 0.25) is 12.6 Å². The van der Waals surface area contributed by atoms with Crippen LogP contribution >= 0.6 is 0 Å². The fourth-order valence-electron chi connectivity index (χ4n) is 6.16. The molecule has 1 unspecified atom stereocenters. The van der Waals surface area contributed by atoms with E-state index in [9.17, 15) is 9.59 Å². The van der Waals surface area contributed by atoms with Gasteiger partial charge < -0.3 is 9.46 Å². The van der Waals surface area contributed by atoms with E-state index in [2.05, 4.69) is 53.6 Å². The highest BCUT2D eigenvalue weighted by Crippen LogP contribution is 2.35. The van der Waals surface area contributed by atoms with Crippen LogP contribution in [0.1, 0.15) is 106 Å². The van der Waals surface area contributed by atoms with Crippen molar-refractivity contribution in [2.45, 2.75) is 71.9 Å². The molecule has 2 aromatic heterocycles. The molecule has 0 amide bonds. The Hall–Kier alpha value is -4.38. The monoisotopic (exact) mass is 582 g/mol. The number of carbonyl (C=O) groups excluding carboxylic acids is 2. The lowest BCUT2D eigenvalue weighted by molar-refractivity contribution is 0.102. The van der Waals surface area contributed by atoms with Gasteiger partial charge in [0.1, 0.15) is 0 Å². The predicted octanol–water partition coefficient (Wildman–Crippen LogP) is 9.52. The van der Waals surface area contributed by atoms with Gasteiger partial charge in [-0.05, 0) is 43.7 Å². The molecule has 5 heteroatoms. The molecule has 1 N–H and O–H groups in total. The molecule has 4 nitrogen and oxygen atoms in total. The lowest BCUT2D eigenvalue weighted by atomic mass is 9.53. The number of aromatic nitrogens is 2. The third kappa shape index (κ3) is 6.88. The van der Waals surface area contributed by atoms with E-state index in [0.29, 0.717) is 16.8 Å². The van der Waals surface area contributed by atoms with Crippen molar-refractivity contribution in [2.24, 2.45) is 0 Å². The van der Waals surface area contributed by atoms with Crippen LogP contribution in [0, 0.1) is 13.8 Å². The van der Waals surface area contributed by atoms with Crippen molar-refractivity contribution in [1.82, 2.24) is 9.46 Å². The summed E-state index contributed by atoms with van der Waals surface area (Å²) in [7, 11) is 0. The standard InChI is InChI=1S/C39H43BN2O2/c1-5-7-26-40(27-8-6-2)42-35(24-25-36(42)39(44)32-20-16-29(4)17-21-32)37(30-12-10-9-11-13-30)33-22-23-34(41-33)38(43)31-18-14-28(3)15-19-31/h9-25,37,41H,5-8,26-27H2,1-4H3. The zero-order valence-electron chi connectivity index (χ0n) is 26.5. The van der Waals surface area contributed by atoms with Crippen molar-refractivity contribution in [1.29, 1.82) is 0 Å². The van der Waals surface area contributed by atoms with Crippen LogP contribution < -0.4 is 0 Å². The molecule has 0 fully saturated rings. The maximum absolute atomic E-state index is 14.1. The lowest BCUT2D eigenvalue weighted by Gasteiger charge is -2.26. The normalized spacial score (nSPS) is 11.8. The van der Waals surface area contributed by atoms with Gasteiger partial charge in [-0.2, -0.15) is 0 Å². The zero-order chi connectivity index (χ0) is 31.1. The highest BCUT2D eigenvalue weighted by Gasteiger charge is 2.30. The van der Waals surface area contributed by atoms with Crippen molar-refractivity contribution >= 4 is 18.4 Å². The topological polar surface area (TPSA) is 54.9 Å². The highest BCUT2D eigenvalue weighted by molar-refractivity contribution is 6.58. The summed E-state index contributed by atoms with van der Waals surface area (Å²) in [5.41, 5.74) is 8.02. The molecule has 2 heterocycles. The number of carbonyl (C=O) groups is 2. The Morgan fingerprint density at radius 2 is 1.25 bits per heavy atom. The van der Waals surface area contributed by atoms with Crippen LogP contribution in [0.25, 0.3) is 0 Å². The minimum Gasteiger partial charge on any atom is -0.386 e. The number of unbranched alkanes of at least 4 members (excludes halogenated alkanes) is 2. The van der Waals surface area contributed by atoms with E-state index in [1.165, 1.54) is 0 Å². The van der Waals surface area contributed by atoms with Crippen LogP contribution in [0.5, 0.6) is 0 Å². The number of nitrogens with one attached hydrogen (secondary N) is 1. The van der Waals surface area contributed by atoms with Crippen molar-refractivity contribution in [3.05, 3.63) is 154 Å². The summed E-state index contributed by atoms with van der Waals surface area (Å²) >= 11 is 0. The molecule has 44 heavy (non-hydrogen) atoms. The summed E-state index contributed by atoms with van der Waals surface area (Å²) in [6, 6.07) is 34.1. The van der Waals surface area contributed by atoms with Crippen molar-refractivity contribution < 1.29 is 9.59 Å². The Kier molecular flexibility index (Phi) is 10.2. The number of nitrogens with zero attached hydrogens (tertiary/aromatic N) is 1. The van der Waals surface area contributed by atoms with E-state index in [-0.39, 0.29) is 24.3 Å². The number of benzene rings is 3. The van der Waals surface area contributed by atoms with Gasteiger partial charge in [0.25, 0.3) is 6.85 Å². The van der Waals surface area contributed by atoms with E-state index < -0.39 is 0 Å². The molecule has 3 aromatic carbocycles. The van der Waals surface area contributed by atoms with E-state index in [4.69, 9.17) is 0 Å². The van der Waals surface area contributed by atoms with Gasteiger partial charge >= 0.3 is 0 Å². The van der Waals surface area contributed by atoms with Gasteiger partial charge in [-0.15, -0.1) is 0 Å². The number of aromatic amines is 1. The minimum absolute atomic E-state index is 0.0301. The Balaban J connectivity index is 1.65. The van der Waals surface area contributed by atoms with E-state index in [1.54, 1.807) is 0 Å². The van der Waals surface area contributed by atoms with E-state index in [1.807, 2.05) is 86.6 Å². The molecule has 5 aromatic rings. The van der Waals surface area contributed by atoms with Gasteiger partial charge in [0.15, 0.2) is 0 Å². The molecule has 0 spiro atoms. The van der Waals surface area contributed by atoms with Crippen LogP contribution in [0.3, 0.4) is 0 Å². The Bertz CT molecular complexity index is 1670. The number of aryl methyl sites for hydroxylation is 2. The van der Waals surface area contributed by atoms with Crippen LogP contribution in [-0.4, -0.2) is 27.9 Å². The Labute approximate surface area is 262 Å². The average molecular weight is 583 g/mol. The van der Waals surface area contributed by atoms with Gasteiger partial charge in [0.2, 0.25) is 11.6 Å². The first-order chi connectivity index (χ1) is 21.4. The number of H-pyrrole nitrogens is 1. The molecular formula is C39H43BN2O2. The van der Waals surface area contributed by atoms with Crippen molar-refractivity contribution in [3.8, 4) is 0 Å². The van der Waals surface area contributed by atoms with Crippen molar-refractivity contribution in [3.63, 3.8) is 0 Å². The Morgan fingerprint density at radius 1 is 0.682 bits per heavy atom. The van der Waals surface area contributed by atoms with Crippen LogP contribution in [0.15, 0.2) is 103 Å². The second kappa shape index (κ2) is 14.4.